The van der Waals surface area contributed by atoms with Gasteiger partial charge in [0.1, 0.15) is 5.69 Å². The first kappa shape index (κ1) is 16.3. The third kappa shape index (κ3) is 3.58. The molecule has 0 radical (unpaired) electrons. The van der Waals surface area contributed by atoms with Crippen LogP contribution in [0.25, 0.3) is 12.2 Å². The van der Waals surface area contributed by atoms with Gasteiger partial charge in [0.25, 0.3) is 5.69 Å². The SMILES string of the molecule is O=c1[nH]c(/C=C/c2ccc(Br)c([N+](=O)[O-])c2)c([N+](=O)[O-])c(=O)[nH]1. The minimum Gasteiger partial charge on any atom is -0.301 e. The second-order valence-electron chi connectivity index (χ2n) is 4.23. The highest BCUT2D eigenvalue weighted by atomic mass is 79.9. The van der Waals surface area contributed by atoms with Gasteiger partial charge in [-0.3, -0.25) is 30.0 Å². The number of nitrogens with zero attached hydrogens (tertiary/aromatic N) is 2. The molecule has 10 nitrogen and oxygen atoms in total. The van der Waals surface area contributed by atoms with Gasteiger partial charge in [-0.1, -0.05) is 12.1 Å². The molecule has 2 rings (SSSR count). The van der Waals surface area contributed by atoms with Gasteiger partial charge in [-0.2, -0.15) is 0 Å². The molecule has 2 N–H and O–H groups in total. The van der Waals surface area contributed by atoms with Crippen LogP contribution in [0.2, 0.25) is 0 Å². The van der Waals surface area contributed by atoms with Gasteiger partial charge in [-0.25, -0.2) is 4.79 Å². The molecule has 118 valence electrons. The molecule has 23 heavy (non-hydrogen) atoms. The molecule has 1 aromatic heterocycles. The number of aromatic amines is 2. The third-order valence-corrected chi connectivity index (χ3v) is 3.41. The lowest BCUT2D eigenvalue weighted by molar-refractivity contribution is -0.386. The summed E-state index contributed by atoms with van der Waals surface area (Å²) in [5.41, 5.74) is -3.01. The van der Waals surface area contributed by atoms with Crippen LogP contribution in [0.1, 0.15) is 11.3 Å². The maximum atomic E-state index is 11.5. The minimum absolute atomic E-state index is 0.193. The highest BCUT2D eigenvalue weighted by Gasteiger charge is 2.19. The lowest BCUT2D eigenvalue weighted by Gasteiger charge is -1.98. The lowest BCUT2D eigenvalue weighted by Crippen LogP contribution is -2.25. The summed E-state index contributed by atoms with van der Waals surface area (Å²) in [4.78, 5) is 46.8. The second kappa shape index (κ2) is 6.36. The summed E-state index contributed by atoms with van der Waals surface area (Å²) < 4.78 is 0.273. The number of hydrogen-bond donors (Lipinski definition) is 2. The van der Waals surface area contributed by atoms with Crippen LogP contribution in [0.4, 0.5) is 11.4 Å². The van der Waals surface area contributed by atoms with Crippen molar-refractivity contribution in [3.05, 3.63) is 75.0 Å². The summed E-state index contributed by atoms with van der Waals surface area (Å²) in [6.45, 7) is 0. The Labute approximate surface area is 134 Å². The van der Waals surface area contributed by atoms with Crippen molar-refractivity contribution in [3.8, 4) is 0 Å². The molecule has 0 aliphatic heterocycles. The lowest BCUT2D eigenvalue weighted by atomic mass is 10.1. The van der Waals surface area contributed by atoms with E-state index in [0.717, 1.165) is 6.08 Å². The molecule has 0 saturated carbocycles. The van der Waals surface area contributed by atoms with Crippen molar-refractivity contribution in [2.45, 2.75) is 0 Å². The quantitative estimate of drug-likeness (QED) is 0.607. The highest BCUT2D eigenvalue weighted by Crippen LogP contribution is 2.26. The van der Waals surface area contributed by atoms with Gasteiger partial charge >= 0.3 is 16.9 Å². The number of nitrogens with one attached hydrogen (secondary N) is 2. The van der Waals surface area contributed by atoms with Crippen molar-refractivity contribution in [2.75, 3.05) is 0 Å². The Kier molecular flexibility index (Phi) is 4.50. The van der Waals surface area contributed by atoms with Gasteiger partial charge in [0.15, 0.2) is 0 Å². The first-order valence-corrected chi connectivity index (χ1v) is 6.72. The number of hydrogen-bond acceptors (Lipinski definition) is 6. The van der Waals surface area contributed by atoms with Crippen LogP contribution < -0.4 is 11.2 Å². The largest absolute Gasteiger partial charge is 0.357 e. The molecule has 0 fully saturated rings. The average molecular weight is 383 g/mol. The predicted molar refractivity (Wildman–Crippen MR) is 84.1 cm³/mol. The molecular weight excluding hydrogens is 376 g/mol. The van der Waals surface area contributed by atoms with Crippen LogP contribution in [0.15, 0.2) is 32.3 Å². The molecule has 0 aliphatic carbocycles. The maximum Gasteiger partial charge on any atom is 0.357 e. The molecule has 2 aromatic rings. The van der Waals surface area contributed by atoms with E-state index in [1.54, 1.807) is 4.98 Å². The highest BCUT2D eigenvalue weighted by molar-refractivity contribution is 9.10. The molecule has 11 heteroatoms. The Morgan fingerprint density at radius 3 is 2.35 bits per heavy atom. The Hall–Kier alpha value is -3.08. The summed E-state index contributed by atoms with van der Waals surface area (Å²) in [7, 11) is 0. The average Bonchev–Trinajstić information content (AvgIpc) is 2.44. The molecule has 0 aliphatic rings. The van der Waals surface area contributed by atoms with Gasteiger partial charge < -0.3 is 4.98 Å². The molecule has 0 spiro atoms. The van der Waals surface area contributed by atoms with Crippen LogP contribution in [0.5, 0.6) is 0 Å². The second-order valence-corrected chi connectivity index (χ2v) is 5.08. The van der Waals surface area contributed by atoms with Crippen LogP contribution in [-0.4, -0.2) is 19.8 Å². The number of halogens is 1. The fraction of sp³-hybridized carbons (Fsp3) is 0. The Bertz CT molecular complexity index is 945. The summed E-state index contributed by atoms with van der Waals surface area (Å²) in [6, 6.07) is 4.19. The van der Waals surface area contributed by atoms with Crippen molar-refractivity contribution < 1.29 is 9.85 Å². The molecule has 0 atom stereocenters. The molecule has 0 amide bonds. The van der Waals surface area contributed by atoms with E-state index >= 15 is 0 Å². The first-order valence-electron chi connectivity index (χ1n) is 5.92. The third-order valence-electron chi connectivity index (χ3n) is 2.74. The normalized spacial score (nSPS) is 10.8. The van der Waals surface area contributed by atoms with Crippen LogP contribution >= 0.6 is 15.9 Å². The zero-order chi connectivity index (χ0) is 17.1. The van der Waals surface area contributed by atoms with E-state index in [1.165, 1.54) is 24.3 Å². The number of rotatable bonds is 4. The maximum absolute atomic E-state index is 11.5. The van der Waals surface area contributed by atoms with E-state index in [0.29, 0.717) is 5.56 Å². The zero-order valence-electron chi connectivity index (χ0n) is 11.1. The number of benzene rings is 1. The minimum atomic E-state index is -1.14. The van der Waals surface area contributed by atoms with E-state index in [9.17, 15) is 29.8 Å². The Balaban J connectivity index is 2.51. The number of H-pyrrole nitrogens is 2. The Morgan fingerprint density at radius 2 is 1.74 bits per heavy atom. The first-order chi connectivity index (χ1) is 10.8. The smallest absolute Gasteiger partial charge is 0.301 e. The number of nitro groups is 2. The number of nitro benzene ring substituents is 1. The fourth-order valence-electron chi connectivity index (χ4n) is 1.75. The van der Waals surface area contributed by atoms with E-state index in [-0.39, 0.29) is 15.9 Å². The fourth-order valence-corrected chi connectivity index (χ4v) is 2.14. The molecule has 1 heterocycles. The monoisotopic (exact) mass is 382 g/mol. The molecular formula is C12H7BrN4O6. The van der Waals surface area contributed by atoms with Crippen LogP contribution in [0, 0.1) is 20.2 Å². The summed E-state index contributed by atoms with van der Waals surface area (Å²) >= 11 is 3.03. The van der Waals surface area contributed by atoms with Gasteiger partial charge in [-0.05, 0) is 33.6 Å². The summed E-state index contributed by atoms with van der Waals surface area (Å²) in [5.74, 6) is 0. The van der Waals surface area contributed by atoms with Crippen molar-refractivity contribution in [1.29, 1.82) is 0 Å². The van der Waals surface area contributed by atoms with Gasteiger partial charge in [0.2, 0.25) is 0 Å². The molecule has 0 saturated heterocycles. The summed E-state index contributed by atoms with van der Waals surface area (Å²) in [6.07, 6.45) is 2.43. The van der Waals surface area contributed by atoms with Crippen molar-refractivity contribution in [2.24, 2.45) is 0 Å². The van der Waals surface area contributed by atoms with Crippen LogP contribution in [0.3, 0.4) is 0 Å². The topological polar surface area (TPSA) is 152 Å². The molecule has 1 aromatic carbocycles. The molecule has 0 bridgehead atoms. The standard InChI is InChI=1S/C12H7BrN4O6/c13-7-3-1-6(5-9(7)16(20)21)2-4-8-10(17(22)23)11(18)15-12(19)14-8/h1-5H,(H2,14,15,18,19)/b4-2+. The number of aromatic nitrogens is 2. The van der Waals surface area contributed by atoms with Crippen molar-refractivity contribution in [3.63, 3.8) is 0 Å². The Morgan fingerprint density at radius 1 is 1.04 bits per heavy atom. The van der Waals surface area contributed by atoms with Crippen molar-refractivity contribution >= 4 is 39.5 Å². The van der Waals surface area contributed by atoms with E-state index in [1.807, 2.05) is 0 Å². The van der Waals surface area contributed by atoms with Crippen LogP contribution in [-0.2, 0) is 0 Å². The van der Waals surface area contributed by atoms with E-state index < -0.39 is 26.8 Å². The van der Waals surface area contributed by atoms with Gasteiger partial charge in [0, 0.05) is 6.07 Å². The van der Waals surface area contributed by atoms with Gasteiger partial charge in [0.05, 0.1) is 14.3 Å². The van der Waals surface area contributed by atoms with E-state index in [4.69, 9.17) is 0 Å². The van der Waals surface area contributed by atoms with E-state index in [2.05, 4.69) is 20.9 Å². The summed E-state index contributed by atoms with van der Waals surface area (Å²) in [5, 5.41) is 21.7. The zero-order valence-corrected chi connectivity index (χ0v) is 12.7. The molecule has 0 unspecified atom stereocenters. The van der Waals surface area contributed by atoms with Crippen molar-refractivity contribution in [1.82, 2.24) is 9.97 Å². The van der Waals surface area contributed by atoms with Gasteiger partial charge in [-0.15, -0.1) is 0 Å². The predicted octanol–water partition coefficient (Wildman–Crippen LogP) is 1.81.